The topological polar surface area (TPSA) is 24.1 Å². The third-order valence-electron chi connectivity index (χ3n) is 16.5. The van der Waals surface area contributed by atoms with Crippen molar-refractivity contribution in [2.24, 2.45) is 82.9 Å². The van der Waals surface area contributed by atoms with Crippen molar-refractivity contribution in [1.82, 2.24) is 10.6 Å². The number of hydrogen-bond donors (Lipinski definition) is 2. The molecule has 0 amide bonds. The van der Waals surface area contributed by atoms with E-state index in [1.165, 1.54) is 142 Å². The van der Waals surface area contributed by atoms with Crippen LogP contribution < -0.4 is 10.6 Å². The first-order chi connectivity index (χ1) is 23.7. The lowest BCUT2D eigenvalue weighted by Gasteiger charge is -2.51. The van der Waals surface area contributed by atoms with E-state index >= 15 is 0 Å². The van der Waals surface area contributed by atoms with Gasteiger partial charge < -0.3 is 10.6 Å². The first-order valence-corrected chi connectivity index (χ1v) is 21.8. The summed E-state index contributed by atoms with van der Waals surface area (Å²) >= 11 is 0. The fraction of sp³-hybridized carbons (Fsp3) is 0.826. The van der Waals surface area contributed by atoms with E-state index in [0.29, 0.717) is 6.04 Å². The molecule has 0 radical (unpaired) electrons. The summed E-state index contributed by atoms with van der Waals surface area (Å²) in [5.41, 5.74) is 0. The zero-order chi connectivity index (χ0) is 32.3. The molecule has 2 heteroatoms. The van der Waals surface area contributed by atoms with Crippen LogP contribution in [0.2, 0.25) is 0 Å². The van der Waals surface area contributed by atoms with Crippen molar-refractivity contribution in [3.05, 3.63) is 48.6 Å². The predicted octanol–water partition coefficient (Wildman–Crippen LogP) is 10.9. The smallest absolute Gasteiger partial charge is 0.0256 e. The van der Waals surface area contributed by atoms with Crippen LogP contribution in [-0.2, 0) is 0 Å². The molecule has 2 nitrogen and oxygen atoms in total. The van der Waals surface area contributed by atoms with Crippen molar-refractivity contribution in [2.45, 2.75) is 135 Å². The Kier molecular flexibility index (Phi) is 11.4. The van der Waals surface area contributed by atoms with E-state index in [9.17, 15) is 0 Å². The lowest BCUT2D eigenvalue weighted by atomic mass is 9.53. The Hall–Kier alpha value is -1.12. The second-order valence-electron chi connectivity index (χ2n) is 18.8. The van der Waals surface area contributed by atoms with Crippen molar-refractivity contribution >= 4 is 0 Å². The maximum Gasteiger partial charge on any atom is 0.0256 e. The third-order valence-corrected chi connectivity index (χ3v) is 16.5. The summed E-state index contributed by atoms with van der Waals surface area (Å²) in [6.07, 6.45) is 48.3. The average Bonchev–Trinajstić information content (AvgIpc) is 3.70. The highest BCUT2D eigenvalue weighted by Crippen LogP contribution is 2.55. The molecule has 2 N–H and O–H groups in total. The molecule has 8 aliphatic rings. The molecular weight excluding hydrogens is 581 g/mol. The second kappa shape index (κ2) is 16.0. The summed E-state index contributed by atoms with van der Waals surface area (Å²) in [6, 6.07) is 0.581. The van der Waals surface area contributed by atoms with Crippen LogP contribution in [0.3, 0.4) is 0 Å². The van der Waals surface area contributed by atoms with Gasteiger partial charge in [0, 0.05) is 6.04 Å². The van der Waals surface area contributed by atoms with Crippen molar-refractivity contribution in [1.29, 1.82) is 0 Å². The van der Waals surface area contributed by atoms with Crippen LogP contribution in [-0.4, -0.2) is 25.7 Å². The van der Waals surface area contributed by atoms with E-state index in [2.05, 4.69) is 66.2 Å². The third kappa shape index (κ3) is 7.56. The summed E-state index contributed by atoms with van der Waals surface area (Å²) < 4.78 is 0. The van der Waals surface area contributed by atoms with Crippen LogP contribution in [0.4, 0.5) is 0 Å². The summed E-state index contributed by atoms with van der Waals surface area (Å²) in [7, 11) is 0. The Morgan fingerprint density at radius 1 is 0.646 bits per heavy atom. The minimum atomic E-state index is 0.581. The standard InChI is InChI=1S/C46H72N2/c1-32(41-25-26-46(45-15-7-6-14-43(41)45)44-16-8-12-36-10-4-5-13-42(36)44)17-18-38(34-19-21-35(22-20-34)39-27-28-47-30-39)31-48-40-24-23-33-9-2-3-11-37(33)29-40/h3,7-8,11,15-16,23-24,32-48H,2,4-6,9-10,12-14,17-22,25-31H2,1H3. The van der Waals surface area contributed by atoms with Crippen LogP contribution in [0.25, 0.3) is 0 Å². The summed E-state index contributed by atoms with van der Waals surface area (Å²) in [6.45, 7) is 6.51. The number of fused-ring (bicyclic) bond motifs is 3. The summed E-state index contributed by atoms with van der Waals surface area (Å²) in [5.74, 6) is 12.7. The Labute approximate surface area is 295 Å². The van der Waals surface area contributed by atoms with Crippen molar-refractivity contribution in [3.8, 4) is 0 Å². The molecule has 0 spiro atoms. The maximum absolute atomic E-state index is 4.19. The Bertz CT molecular complexity index is 1130. The number of rotatable bonds is 10. The summed E-state index contributed by atoms with van der Waals surface area (Å²) in [5, 5.41) is 7.85. The van der Waals surface area contributed by atoms with E-state index in [-0.39, 0.29) is 0 Å². The molecule has 48 heavy (non-hydrogen) atoms. The van der Waals surface area contributed by atoms with Gasteiger partial charge in [0.1, 0.15) is 0 Å². The van der Waals surface area contributed by atoms with Gasteiger partial charge in [0.05, 0.1) is 0 Å². The quantitative estimate of drug-likeness (QED) is 0.230. The summed E-state index contributed by atoms with van der Waals surface area (Å²) in [4.78, 5) is 0. The van der Waals surface area contributed by atoms with Gasteiger partial charge in [-0.2, -0.15) is 0 Å². The van der Waals surface area contributed by atoms with Crippen LogP contribution in [0.15, 0.2) is 48.6 Å². The van der Waals surface area contributed by atoms with Crippen LogP contribution in [0, 0.1) is 82.9 Å². The Morgan fingerprint density at radius 3 is 2.38 bits per heavy atom. The SMILES string of the molecule is CC(CCC(CNC1C=CC2CCC=CC2C1)C1CCC(C2CCNC2)CC1)C1CCC(C2C=CCC3CCCCC32)C2C=CCCC21. The zero-order valence-corrected chi connectivity index (χ0v) is 30.8. The van der Waals surface area contributed by atoms with Gasteiger partial charge in [-0.05, 0) is 205 Å². The van der Waals surface area contributed by atoms with Crippen molar-refractivity contribution in [3.63, 3.8) is 0 Å². The fourth-order valence-electron chi connectivity index (χ4n) is 13.7. The highest BCUT2D eigenvalue weighted by Gasteiger charge is 2.46. The largest absolute Gasteiger partial charge is 0.316 e. The molecule has 7 aliphatic carbocycles. The number of allylic oxidation sites excluding steroid dienone is 7. The maximum atomic E-state index is 4.19. The molecule has 1 heterocycles. The predicted molar refractivity (Wildman–Crippen MR) is 203 cm³/mol. The van der Waals surface area contributed by atoms with Crippen LogP contribution in [0.1, 0.15) is 129 Å². The van der Waals surface area contributed by atoms with Gasteiger partial charge in [-0.25, -0.2) is 0 Å². The molecule has 1 saturated heterocycles. The minimum Gasteiger partial charge on any atom is -0.316 e. The molecule has 0 aromatic carbocycles. The molecule has 13 atom stereocenters. The van der Waals surface area contributed by atoms with Gasteiger partial charge in [-0.3, -0.25) is 0 Å². The van der Waals surface area contributed by atoms with E-state index in [1.807, 2.05) is 0 Å². The van der Waals surface area contributed by atoms with Crippen LogP contribution >= 0.6 is 0 Å². The lowest BCUT2D eigenvalue weighted by molar-refractivity contribution is 0.0173. The molecule has 0 bridgehead atoms. The van der Waals surface area contributed by atoms with Gasteiger partial charge in [0.2, 0.25) is 0 Å². The van der Waals surface area contributed by atoms with E-state index in [4.69, 9.17) is 0 Å². The minimum absolute atomic E-state index is 0.581. The first kappa shape index (κ1) is 34.0. The van der Waals surface area contributed by atoms with Gasteiger partial charge in [0.15, 0.2) is 0 Å². The fourth-order valence-corrected chi connectivity index (χ4v) is 13.7. The van der Waals surface area contributed by atoms with Gasteiger partial charge in [-0.15, -0.1) is 0 Å². The molecular formula is C46H72N2. The van der Waals surface area contributed by atoms with Crippen LogP contribution in [0.5, 0.6) is 0 Å². The van der Waals surface area contributed by atoms with Gasteiger partial charge >= 0.3 is 0 Å². The highest BCUT2D eigenvalue weighted by atomic mass is 14.9. The first-order valence-electron chi connectivity index (χ1n) is 21.8. The van der Waals surface area contributed by atoms with E-state index in [1.54, 1.807) is 0 Å². The van der Waals surface area contributed by atoms with Crippen molar-refractivity contribution < 1.29 is 0 Å². The molecule has 0 aromatic heterocycles. The number of nitrogens with one attached hydrogen (secondary N) is 2. The monoisotopic (exact) mass is 653 g/mol. The normalized spacial score (nSPS) is 45.2. The molecule has 3 saturated carbocycles. The molecule has 4 fully saturated rings. The van der Waals surface area contributed by atoms with E-state index in [0.717, 1.165) is 82.9 Å². The van der Waals surface area contributed by atoms with Gasteiger partial charge in [0.25, 0.3) is 0 Å². The Balaban J connectivity index is 0.907. The van der Waals surface area contributed by atoms with Crippen molar-refractivity contribution in [2.75, 3.05) is 19.6 Å². The molecule has 8 rings (SSSR count). The molecule has 13 unspecified atom stereocenters. The van der Waals surface area contributed by atoms with Gasteiger partial charge in [-0.1, -0.05) is 74.8 Å². The molecule has 0 aromatic rings. The molecule has 1 aliphatic heterocycles. The molecule has 266 valence electrons. The highest BCUT2D eigenvalue weighted by molar-refractivity contribution is 5.13. The second-order valence-corrected chi connectivity index (χ2v) is 18.8. The Morgan fingerprint density at radius 2 is 1.48 bits per heavy atom. The zero-order valence-electron chi connectivity index (χ0n) is 30.8. The average molecular weight is 653 g/mol. The number of hydrogen-bond acceptors (Lipinski definition) is 2. The lowest BCUT2D eigenvalue weighted by Crippen LogP contribution is -2.44. The van der Waals surface area contributed by atoms with E-state index < -0.39 is 0 Å².